The minimum atomic E-state index is -0.399. The van der Waals surface area contributed by atoms with Gasteiger partial charge in [-0.15, -0.1) is 0 Å². The first-order valence-electron chi connectivity index (χ1n) is 6.17. The van der Waals surface area contributed by atoms with E-state index in [9.17, 15) is 4.79 Å². The highest BCUT2D eigenvalue weighted by molar-refractivity contribution is 6.30. The fraction of sp³-hybridized carbons (Fsp3) is 0.0667. The number of methoxy groups -OCH3 is 1. The molecule has 108 valence electrons. The summed E-state index contributed by atoms with van der Waals surface area (Å²) in [5.41, 5.74) is 0.913. The summed E-state index contributed by atoms with van der Waals surface area (Å²) in [5.74, 6) is 1.14. The third-order valence-electron chi connectivity index (χ3n) is 2.55. The normalized spacial score (nSPS) is 10.4. The van der Waals surface area contributed by atoms with Crippen molar-refractivity contribution in [2.45, 2.75) is 0 Å². The molecule has 0 saturated heterocycles. The monoisotopic (exact) mass is 303 g/mol. The van der Waals surface area contributed by atoms with Crippen molar-refractivity contribution in [3.8, 4) is 5.75 Å². The number of hydrogen-bond donors (Lipinski definition) is 2. The summed E-state index contributed by atoms with van der Waals surface area (Å²) in [6.45, 7) is 0. The van der Waals surface area contributed by atoms with Crippen LogP contribution in [0.3, 0.4) is 0 Å². The Hall–Kier alpha value is -2.53. The molecule has 2 rings (SSSR count). The molecule has 0 atom stereocenters. The van der Waals surface area contributed by atoms with E-state index in [2.05, 4.69) is 15.6 Å². The molecule has 1 aromatic heterocycles. The van der Waals surface area contributed by atoms with E-state index < -0.39 is 6.03 Å². The average Bonchev–Trinajstić information content (AvgIpc) is 2.47. The zero-order chi connectivity index (χ0) is 15.1. The number of halogens is 1. The van der Waals surface area contributed by atoms with Gasteiger partial charge in [0.05, 0.1) is 7.11 Å². The molecule has 5 nitrogen and oxygen atoms in total. The lowest BCUT2D eigenvalue weighted by Gasteiger charge is -2.04. The van der Waals surface area contributed by atoms with Crippen LogP contribution in [0.5, 0.6) is 5.75 Å². The molecule has 0 aliphatic carbocycles. The van der Waals surface area contributed by atoms with Crippen LogP contribution in [-0.4, -0.2) is 18.1 Å². The van der Waals surface area contributed by atoms with Crippen LogP contribution in [0, 0.1) is 0 Å². The molecule has 1 heterocycles. The van der Waals surface area contributed by atoms with Crippen molar-refractivity contribution in [2.75, 3.05) is 12.4 Å². The Kier molecular flexibility index (Phi) is 5.17. The molecule has 6 heteroatoms. The summed E-state index contributed by atoms with van der Waals surface area (Å²) >= 11 is 5.80. The van der Waals surface area contributed by atoms with Gasteiger partial charge in [-0.25, -0.2) is 9.78 Å². The molecule has 0 aliphatic heterocycles. The van der Waals surface area contributed by atoms with Gasteiger partial charge in [-0.3, -0.25) is 5.32 Å². The SMILES string of the molecule is COc1cccc(/C=C/NC(=O)Nc2cc(Cl)ccn2)c1. The maximum Gasteiger partial charge on any atom is 0.324 e. The first-order chi connectivity index (χ1) is 10.2. The first-order valence-corrected chi connectivity index (χ1v) is 6.55. The number of anilines is 1. The van der Waals surface area contributed by atoms with Gasteiger partial charge in [0, 0.05) is 17.4 Å². The summed E-state index contributed by atoms with van der Waals surface area (Å²) in [6, 6.07) is 10.3. The van der Waals surface area contributed by atoms with Gasteiger partial charge in [0.2, 0.25) is 0 Å². The number of nitrogens with one attached hydrogen (secondary N) is 2. The molecule has 0 unspecified atom stereocenters. The molecule has 1 aromatic carbocycles. The molecule has 2 aromatic rings. The maximum absolute atomic E-state index is 11.7. The summed E-state index contributed by atoms with van der Waals surface area (Å²) in [4.78, 5) is 15.6. The zero-order valence-electron chi connectivity index (χ0n) is 11.3. The largest absolute Gasteiger partial charge is 0.497 e. The van der Waals surface area contributed by atoms with Crippen molar-refractivity contribution >= 4 is 29.5 Å². The number of urea groups is 1. The van der Waals surface area contributed by atoms with E-state index in [0.29, 0.717) is 10.8 Å². The molecule has 0 radical (unpaired) electrons. The van der Waals surface area contributed by atoms with Gasteiger partial charge >= 0.3 is 6.03 Å². The number of rotatable bonds is 4. The Morgan fingerprint density at radius 2 is 2.19 bits per heavy atom. The smallest absolute Gasteiger partial charge is 0.324 e. The molecule has 0 bridgehead atoms. The number of carbonyl (C=O) groups is 1. The van der Waals surface area contributed by atoms with Gasteiger partial charge in [-0.05, 0) is 35.9 Å². The number of nitrogens with zero attached hydrogens (tertiary/aromatic N) is 1. The van der Waals surface area contributed by atoms with E-state index in [1.807, 2.05) is 24.3 Å². The van der Waals surface area contributed by atoms with Crippen molar-refractivity contribution in [3.05, 3.63) is 59.4 Å². The van der Waals surface area contributed by atoms with Crippen LogP contribution in [0.4, 0.5) is 10.6 Å². The molecule has 0 spiro atoms. The maximum atomic E-state index is 11.7. The first kappa shape index (κ1) is 14.9. The lowest BCUT2D eigenvalue weighted by Crippen LogP contribution is -2.24. The highest BCUT2D eigenvalue weighted by Crippen LogP contribution is 2.13. The van der Waals surface area contributed by atoms with Crippen molar-refractivity contribution in [1.82, 2.24) is 10.3 Å². The van der Waals surface area contributed by atoms with Gasteiger partial charge < -0.3 is 10.1 Å². The zero-order valence-corrected chi connectivity index (χ0v) is 12.1. The molecule has 21 heavy (non-hydrogen) atoms. The Labute approximate surface area is 127 Å². The Bertz CT molecular complexity index is 659. The van der Waals surface area contributed by atoms with E-state index in [-0.39, 0.29) is 0 Å². The van der Waals surface area contributed by atoms with Crippen molar-refractivity contribution in [2.24, 2.45) is 0 Å². The summed E-state index contributed by atoms with van der Waals surface area (Å²) < 4.78 is 5.12. The van der Waals surface area contributed by atoms with Gasteiger partial charge in [-0.1, -0.05) is 23.7 Å². The second-order valence-electron chi connectivity index (χ2n) is 4.07. The average molecular weight is 304 g/mol. The van der Waals surface area contributed by atoms with E-state index in [1.165, 1.54) is 12.4 Å². The van der Waals surface area contributed by atoms with E-state index in [0.717, 1.165) is 11.3 Å². The third kappa shape index (κ3) is 4.81. The van der Waals surface area contributed by atoms with Crippen LogP contribution in [0.1, 0.15) is 5.56 Å². The molecule has 0 aliphatic rings. The number of pyridine rings is 1. The van der Waals surface area contributed by atoms with E-state index >= 15 is 0 Å². The second kappa shape index (κ2) is 7.31. The second-order valence-corrected chi connectivity index (χ2v) is 4.50. The van der Waals surface area contributed by atoms with Crippen molar-refractivity contribution in [1.29, 1.82) is 0 Å². The predicted molar refractivity (Wildman–Crippen MR) is 83.4 cm³/mol. The molecular weight excluding hydrogens is 290 g/mol. The number of ether oxygens (including phenoxy) is 1. The van der Waals surface area contributed by atoms with Crippen LogP contribution in [-0.2, 0) is 0 Å². The number of benzene rings is 1. The van der Waals surface area contributed by atoms with E-state index in [4.69, 9.17) is 16.3 Å². The predicted octanol–water partition coefficient (Wildman–Crippen LogP) is 3.54. The molecule has 0 fully saturated rings. The van der Waals surface area contributed by atoms with Crippen LogP contribution in [0.25, 0.3) is 6.08 Å². The summed E-state index contributed by atoms with van der Waals surface area (Å²) in [5, 5.41) is 5.66. The van der Waals surface area contributed by atoms with Crippen LogP contribution < -0.4 is 15.4 Å². The van der Waals surface area contributed by atoms with Gasteiger partial charge in [0.15, 0.2) is 0 Å². The number of hydrogen-bond acceptors (Lipinski definition) is 3. The Balaban J connectivity index is 1.90. The lowest BCUT2D eigenvalue weighted by atomic mass is 10.2. The highest BCUT2D eigenvalue weighted by Gasteiger charge is 2.00. The summed E-state index contributed by atoms with van der Waals surface area (Å²) in [6.07, 6.45) is 4.81. The number of carbonyl (C=O) groups excluding carboxylic acids is 1. The van der Waals surface area contributed by atoms with Gasteiger partial charge in [-0.2, -0.15) is 0 Å². The summed E-state index contributed by atoms with van der Waals surface area (Å²) in [7, 11) is 1.60. The number of aromatic nitrogens is 1. The standard InChI is InChI=1S/C15H14ClN3O2/c1-21-13-4-2-3-11(9-13)5-7-18-15(20)19-14-10-12(16)6-8-17-14/h2-10H,1H3,(H2,17,18,19,20)/b7-5+. The number of amides is 2. The van der Waals surface area contributed by atoms with Gasteiger partial charge in [0.1, 0.15) is 11.6 Å². The third-order valence-corrected chi connectivity index (χ3v) is 2.78. The van der Waals surface area contributed by atoms with Crippen LogP contribution >= 0.6 is 11.6 Å². The van der Waals surface area contributed by atoms with Crippen LogP contribution in [0.15, 0.2) is 48.8 Å². The van der Waals surface area contributed by atoms with Crippen LogP contribution in [0.2, 0.25) is 5.02 Å². The minimum absolute atomic E-state index is 0.384. The molecule has 0 saturated carbocycles. The van der Waals surface area contributed by atoms with Crippen molar-refractivity contribution in [3.63, 3.8) is 0 Å². The van der Waals surface area contributed by atoms with Gasteiger partial charge in [0.25, 0.3) is 0 Å². The Morgan fingerprint density at radius 1 is 1.33 bits per heavy atom. The highest BCUT2D eigenvalue weighted by atomic mass is 35.5. The molecular formula is C15H14ClN3O2. The fourth-order valence-corrected chi connectivity index (χ4v) is 1.74. The lowest BCUT2D eigenvalue weighted by molar-refractivity contribution is 0.255. The topological polar surface area (TPSA) is 63.2 Å². The molecule has 2 N–H and O–H groups in total. The van der Waals surface area contributed by atoms with E-state index in [1.54, 1.807) is 25.3 Å². The quantitative estimate of drug-likeness (QED) is 0.908. The van der Waals surface area contributed by atoms with Crippen molar-refractivity contribution < 1.29 is 9.53 Å². The minimum Gasteiger partial charge on any atom is -0.497 e. The Morgan fingerprint density at radius 3 is 2.95 bits per heavy atom. The fourth-order valence-electron chi connectivity index (χ4n) is 1.58. The molecule has 2 amide bonds.